The summed E-state index contributed by atoms with van der Waals surface area (Å²) >= 11 is 0. The van der Waals surface area contributed by atoms with Gasteiger partial charge in [0.2, 0.25) is 5.95 Å². The zero-order valence-corrected chi connectivity index (χ0v) is 15.2. The van der Waals surface area contributed by atoms with Gasteiger partial charge in [-0.25, -0.2) is 9.97 Å². The molecule has 2 aromatic rings. The number of hydrogen-bond acceptors (Lipinski definition) is 4. The molecular formula is C20H28N4. The Morgan fingerprint density at radius 2 is 1.75 bits per heavy atom. The van der Waals surface area contributed by atoms with Crippen molar-refractivity contribution in [2.45, 2.75) is 40.0 Å². The zero-order chi connectivity index (χ0) is 16.7. The fraction of sp³-hybridized carbons (Fsp3) is 0.600. The maximum absolute atomic E-state index is 4.90. The summed E-state index contributed by atoms with van der Waals surface area (Å²) in [5, 5.41) is 1.19. The lowest BCUT2D eigenvalue weighted by molar-refractivity contribution is 0.281. The monoisotopic (exact) mass is 324 g/mol. The fourth-order valence-electron chi connectivity index (χ4n) is 3.69. The van der Waals surface area contributed by atoms with Crippen LogP contribution in [0, 0.1) is 26.7 Å². The molecule has 0 radical (unpaired) electrons. The first-order chi connectivity index (χ1) is 11.6. The Balaban J connectivity index is 1.57. The van der Waals surface area contributed by atoms with Gasteiger partial charge in [0, 0.05) is 31.6 Å². The minimum absolute atomic E-state index is 0.913. The highest BCUT2D eigenvalue weighted by Crippen LogP contribution is 2.30. The number of fused-ring (bicyclic) bond motifs is 1. The van der Waals surface area contributed by atoms with Gasteiger partial charge in [0.25, 0.3) is 0 Å². The minimum Gasteiger partial charge on any atom is -0.339 e. The average Bonchev–Trinajstić information content (AvgIpc) is 3.37. The maximum atomic E-state index is 4.90. The largest absolute Gasteiger partial charge is 0.339 e. The lowest BCUT2D eigenvalue weighted by Gasteiger charge is -2.22. The molecule has 2 fully saturated rings. The van der Waals surface area contributed by atoms with Crippen molar-refractivity contribution in [1.82, 2.24) is 14.9 Å². The third-order valence-corrected chi connectivity index (χ3v) is 5.57. The summed E-state index contributed by atoms with van der Waals surface area (Å²) in [5.41, 5.74) is 4.79. The third kappa shape index (κ3) is 3.25. The number of aromatic nitrogens is 2. The molecule has 2 heterocycles. The van der Waals surface area contributed by atoms with Gasteiger partial charge in [-0.2, -0.15) is 0 Å². The van der Waals surface area contributed by atoms with Gasteiger partial charge in [0.1, 0.15) is 0 Å². The summed E-state index contributed by atoms with van der Waals surface area (Å²) in [7, 11) is 0. The summed E-state index contributed by atoms with van der Waals surface area (Å²) in [6, 6.07) is 4.43. The van der Waals surface area contributed by atoms with Crippen molar-refractivity contribution in [1.29, 1.82) is 0 Å². The van der Waals surface area contributed by atoms with E-state index in [1.165, 1.54) is 48.9 Å². The van der Waals surface area contributed by atoms with Crippen molar-refractivity contribution in [3.05, 3.63) is 29.0 Å². The van der Waals surface area contributed by atoms with E-state index in [2.05, 4.69) is 42.7 Å². The Hall–Kier alpha value is -1.68. The number of hydrogen-bond donors (Lipinski definition) is 0. The predicted molar refractivity (Wildman–Crippen MR) is 99.7 cm³/mol. The highest BCUT2D eigenvalue weighted by atomic mass is 15.3. The molecule has 1 aliphatic carbocycles. The lowest BCUT2D eigenvalue weighted by atomic mass is 10.1. The molecule has 24 heavy (non-hydrogen) atoms. The topological polar surface area (TPSA) is 32.3 Å². The van der Waals surface area contributed by atoms with Crippen molar-refractivity contribution in [3.8, 4) is 0 Å². The molecule has 2 aliphatic rings. The Bertz CT molecular complexity index is 751. The highest BCUT2D eigenvalue weighted by molar-refractivity contribution is 5.83. The normalized spacial score (nSPS) is 19.7. The van der Waals surface area contributed by atoms with Gasteiger partial charge < -0.3 is 9.80 Å². The molecule has 1 aromatic heterocycles. The molecule has 1 aromatic carbocycles. The van der Waals surface area contributed by atoms with E-state index in [9.17, 15) is 0 Å². The number of benzene rings is 1. The predicted octanol–water partition coefficient (Wildman–Crippen LogP) is 3.48. The molecule has 4 rings (SSSR count). The van der Waals surface area contributed by atoms with Crippen molar-refractivity contribution in [2.75, 3.05) is 37.6 Å². The summed E-state index contributed by atoms with van der Waals surface area (Å²) in [6.45, 7) is 12.2. The van der Waals surface area contributed by atoms with Gasteiger partial charge in [0.15, 0.2) is 0 Å². The van der Waals surface area contributed by atoms with E-state index in [0.29, 0.717) is 0 Å². The summed E-state index contributed by atoms with van der Waals surface area (Å²) in [4.78, 5) is 14.8. The van der Waals surface area contributed by atoms with Crippen LogP contribution in [-0.4, -0.2) is 47.6 Å². The van der Waals surface area contributed by atoms with Gasteiger partial charge in [-0.1, -0.05) is 0 Å². The number of anilines is 1. The smallest absolute Gasteiger partial charge is 0.226 e. The first kappa shape index (κ1) is 15.8. The first-order valence-electron chi connectivity index (χ1n) is 9.33. The van der Waals surface area contributed by atoms with Crippen molar-refractivity contribution in [2.24, 2.45) is 5.92 Å². The van der Waals surface area contributed by atoms with E-state index in [1.54, 1.807) is 0 Å². The molecule has 0 N–H and O–H groups in total. The Morgan fingerprint density at radius 3 is 2.54 bits per heavy atom. The average molecular weight is 324 g/mol. The second-order valence-electron chi connectivity index (χ2n) is 7.65. The van der Waals surface area contributed by atoms with E-state index in [1.807, 2.05) is 0 Å². The Morgan fingerprint density at radius 1 is 0.958 bits per heavy atom. The summed E-state index contributed by atoms with van der Waals surface area (Å²) < 4.78 is 0. The van der Waals surface area contributed by atoms with E-state index < -0.39 is 0 Å². The van der Waals surface area contributed by atoms with Gasteiger partial charge in [-0.05, 0) is 75.8 Å². The van der Waals surface area contributed by atoms with Gasteiger partial charge in [-0.3, -0.25) is 0 Å². The maximum Gasteiger partial charge on any atom is 0.226 e. The molecule has 1 saturated carbocycles. The van der Waals surface area contributed by atoms with Crippen LogP contribution in [0.5, 0.6) is 0 Å². The lowest BCUT2D eigenvalue weighted by Crippen LogP contribution is -2.32. The van der Waals surface area contributed by atoms with Crippen LogP contribution in [0.2, 0.25) is 0 Å². The zero-order valence-electron chi connectivity index (χ0n) is 15.2. The number of aryl methyl sites for hydroxylation is 3. The Labute approximate surface area is 144 Å². The van der Waals surface area contributed by atoms with Gasteiger partial charge >= 0.3 is 0 Å². The van der Waals surface area contributed by atoms with E-state index >= 15 is 0 Å². The van der Waals surface area contributed by atoms with Crippen LogP contribution in [0.15, 0.2) is 12.1 Å². The van der Waals surface area contributed by atoms with Gasteiger partial charge in [0.05, 0.1) is 11.2 Å². The van der Waals surface area contributed by atoms with Crippen LogP contribution in [0.3, 0.4) is 0 Å². The first-order valence-corrected chi connectivity index (χ1v) is 9.33. The molecule has 0 unspecified atom stereocenters. The van der Waals surface area contributed by atoms with Crippen molar-refractivity contribution >= 4 is 16.9 Å². The molecular weight excluding hydrogens is 296 g/mol. The quantitative estimate of drug-likeness (QED) is 0.865. The second-order valence-corrected chi connectivity index (χ2v) is 7.65. The highest BCUT2D eigenvalue weighted by Gasteiger charge is 2.26. The fourth-order valence-corrected chi connectivity index (χ4v) is 3.69. The van der Waals surface area contributed by atoms with Crippen molar-refractivity contribution < 1.29 is 0 Å². The van der Waals surface area contributed by atoms with Crippen LogP contribution in [0.4, 0.5) is 5.95 Å². The molecule has 128 valence electrons. The number of rotatable bonds is 3. The molecule has 4 heteroatoms. The van der Waals surface area contributed by atoms with Crippen LogP contribution in [-0.2, 0) is 0 Å². The number of nitrogens with zero attached hydrogens (tertiary/aromatic N) is 4. The van der Waals surface area contributed by atoms with E-state index in [-0.39, 0.29) is 0 Å². The standard InChI is InChI=1S/C20H28N4/c1-14-11-18-16(3)21-20(22-19(18)12-15(14)2)24-8-4-7-23(9-10-24)13-17-5-6-17/h11-12,17H,4-10,13H2,1-3H3. The Kier molecular flexibility index (Phi) is 4.17. The third-order valence-electron chi connectivity index (χ3n) is 5.57. The molecule has 0 bridgehead atoms. The molecule has 1 aliphatic heterocycles. The summed E-state index contributed by atoms with van der Waals surface area (Å²) in [6.07, 6.45) is 4.08. The van der Waals surface area contributed by atoms with Crippen LogP contribution < -0.4 is 4.90 Å². The van der Waals surface area contributed by atoms with E-state index in [0.717, 1.165) is 42.7 Å². The molecule has 1 saturated heterocycles. The van der Waals surface area contributed by atoms with E-state index in [4.69, 9.17) is 9.97 Å². The minimum atomic E-state index is 0.913. The van der Waals surface area contributed by atoms with Crippen LogP contribution in [0.1, 0.15) is 36.1 Å². The molecule has 0 amide bonds. The van der Waals surface area contributed by atoms with Crippen molar-refractivity contribution in [3.63, 3.8) is 0 Å². The molecule has 4 nitrogen and oxygen atoms in total. The SMILES string of the molecule is Cc1cc2nc(N3CCCN(CC4CC4)CC3)nc(C)c2cc1C. The summed E-state index contributed by atoms with van der Waals surface area (Å²) in [5.74, 6) is 1.89. The van der Waals surface area contributed by atoms with Crippen LogP contribution >= 0.6 is 0 Å². The van der Waals surface area contributed by atoms with Crippen LogP contribution in [0.25, 0.3) is 10.9 Å². The molecule has 0 spiro atoms. The molecule has 0 atom stereocenters. The second kappa shape index (κ2) is 6.32. The van der Waals surface area contributed by atoms with Gasteiger partial charge in [-0.15, -0.1) is 0 Å².